The van der Waals surface area contributed by atoms with Crippen LogP contribution in [0.5, 0.6) is 11.5 Å². The summed E-state index contributed by atoms with van der Waals surface area (Å²) in [6, 6.07) is 13.3. The third kappa shape index (κ3) is 3.91. The van der Waals surface area contributed by atoms with Gasteiger partial charge in [0.05, 0.1) is 11.4 Å². The molecule has 2 aromatic carbocycles. The fraction of sp³-hybridized carbons (Fsp3) is 0.500. The van der Waals surface area contributed by atoms with Crippen LogP contribution in [-0.4, -0.2) is 32.7 Å². The highest BCUT2D eigenvalue weighted by Crippen LogP contribution is 2.49. The zero-order chi connectivity index (χ0) is 20.3. The molecule has 0 saturated heterocycles. The molecule has 0 fully saturated rings. The average molecular weight is 382 g/mol. The fourth-order valence-corrected chi connectivity index (χ4v) is 4.00. The monoisotopic (exact) mass is 381 g/mol. The molecule has 0 bridgehead atoms. The summed E-state index contributed by atoms with van der Waals surface area (Å²) in [5.41, 5.74) is 4.76. The zero-order valence-electron chi connectivity index (χ0n) is 18.3. The Hall–Kier alpha value is -2.36. The molecule has 0 saturated carbocycles. The normalized spacial score (nSPS) is 12.5. The van der Waals surface area contributed by atoms with Gasteiger partial charge in [-0.1, -0.05) is 13.8 Å². The maximum Gasteiger partial charge on any atom is 0.153 e. The van der Waals surface area contributed by atoms with Crippen molar-refractivity contribution in [2.75, 3.05) is 47.4 Å². The number of hydrogen-bond acceptors (Lipinski definition) is 4. The summed E-state index contributed by atoms with van der Waals surface area (Å²) in [6.45, 7) is 18.3. The smallest absolute Gasteiger partial charge is 0.153 e. The van der Waals surface area contributed by atoms with Crippen LogP contribution < -0.4 is 19.4 Å². The van der Waals surface area contributed by atoms with Gasteiger partial charge in [-0.2, -0.15) is 0 Å². The van der Waals surface area contributed by atoms with Crippen molar-refractivity contribution in [3.05, 3.63) is 36.4 Å². The summed E-state index contributed by atoms with van der Waals surface area (Å²) in [6.07, 6.45) is 0. The molecule has 2 aromatic rings. The van der Waals surface area contributed by atoms with Crippen LogP contribution in [0.25, 0.3) is 0 Å². The molecule has 0 unspecified atom stereocenters. The van der Waals surface area contributed by atoms with E-state index in [4.69, 9.17) is 4.74 Å². The van der Waals surface area contributed by atoms with Crippen molar-refractivity contribution < 1.29 is 4.74 Å². The quantitative estimate of drug-likeness (QED) is 0.535. The second-order valence-electron chi connectivity index (χ2n) is 7.76. The lowest BCUT2D eigenvalue weighted by atomic mass is 10.1. The first-order valence-electron chi connectivity index (χ1n) is 10.8. The summed E-state index contributed by atoms with van der Waals surface area (Å²) in [5.74, 6) is 2.47. The standard InChI is InChI=1S/C24H35N3O/c1-7-25(8-2)19-11-13-21-23(15-19)28-24-16-20(26(9-3)10-4)12-14-22(24)27(21)17-18(5)6/h11-16,18H,7-10,17H2,1-6H3. The molecule has 0 N–H and O–H groups in total. The lowest BCUT2D eigenvalue weighted by molar-refractivity contribution is 0.469. The van der Waals surface area contributed by atoms with Gasteiger partial charge in [-0.25, -0.2) is 0 Å². The van der Waals surface area contributed by atoms with Crippen molar-refractivity contribution >= 4 is 22.7 Å². The number of rotatable bonds is 8. The number of nitrogens with zero attached hydrogens (tertiary/aromatic N) is 3. The molecule has 1 aliphatic heterocycles. The Kier molecular flexibility index (Phi) is 6.38. The van der Waals surface area contributed by atoms with E-state index in [1.54, 1.807) is 0 Å². The number of benzene rings is 2. The van der Waals surface area contributed by atoms with Crippen molar-refractivity contribution in [1.82, 2.24) is 0 Å². The predicted molar refractivity (Wildman–Crippen MR) is 122 cm³/mol. The Bertz CT molecular complexity index is 733. The van der Waals surface area contributed by atoms with Crippen LogP contribution in [0.3, 0.4) is 0 Å². The second-order valence-corrected chi connectivity index (χ2v) is 7.76. The van der Waals surface area contributed by atoms with Gasteiger partial charge >= 0.3 is 0 Å². The van der Waals surface area contributed by atoms with Gasteiger partial charge in [0.15, 0.2) is 11.5 Å². The van der Waals surface area contributed by atoms with E-state index in [-0.39, 0.29) is 0 Å². The van der Waals surface area contributed by atoms with Crippen molar-refractivity contribution in [2.24, 2.45) is 5.92 Å². The predicted octanol–water partition coefficient (Wildman–Crippen LogP) is 6.28. The Morgan fingerprint density at radius 3 is 1.54 bits per heavy atom. The molecule has 28 heavy (non-hydrogen) atoms. The molecule has 3 rings (SSSR count). The molecule has 152 valence electrons. The largest absolute Gasteiger partial charge is 0.453 e. The Balaban J connectivity index is 2.05. The van der Waals surface area contributed by atoms with Gasteiger partial charge in [0, 0.05) is 56.2 Å². The van der Waals surface area contributed by atoms with E-state index in [0.717, 1.165) is 55.6 Å². The second kappa shape index (κ2) is 8.76. The van der Waals surface area contributed by atoms with Gasteiger partial charge in [-0.05, 0) is 57.9 Å². The first-order chi connectivity index (χ1) is 13.5. The van der Waals surface area contributed by atoms with Crippen molar-refractivity contribution in [2.45, 2.75) is 41.5 Å². The van der Waals surface area contributed by atoms with Crippen molar-refractivity contribution in [3.8, 4) is 11.5 Å². The molecule has 0 aliphatic carbocycles. The molecule has 1 heterocycles. The molecular formula is C24H35N3O. The van der Waals surface area contributed by atoms with Crippen LogP contribution in [0.2, 0.25) is 0 Å². The highest BCUT2D eigenvalue weighted by atomic mass is 16.5. The van der Waals surface area contributed by atoms with Crippen LogP contribution >= 0.6 is 0 Å². The Morgan fingerprint density at radius 2 is 1.18 bits per heavy atom. The summed E-state index contributed by atoms with van der Waals surface area (Å²) in [7, 11) is 0. The first kappa shape index (κ1) is 20.4. The maximum atomic E-state index is 6.45. The van der Waals surface area contributed by atoms with Crippen LogP contribution in [-0.2, 0) is 0 Å². The highest BCUT2D eigenvalue weighted by molar-refractivity contribution is 5.81. The molecule has 0 spiro atoms. The lowest BCUT2D eigenvalue weighted by Crippen LogP contribution is -2.27. The summed E-state index contributed by atoms with van der Waals surface area (Å²) >= 11 is 0. The zero-order valence-corrected chi connectivity index (χ0v) is 18.3. The minimum atomic E-state index is 0.559. The lowest BCUT2D eigenvalue weighted by Gasteiger charge is -2.35. The summed E-state index contributed by atoms with van der Waals surface area (Å²) < 4.78 is 6.45. The number of hydrogen-bond donors (Lipinski definition) is 0. The molecule has 4 nitrogen and oxygen atoms in total. The maximum absolute atomic E-state index is 6.45. The van der Waals surface area contributed by atoms with E-state index in [9.17, 15) is 0 Å². The van der Waals surface area contributed by atoms with E-state index >= 15 is 0 Å². The van der Waals surface area contributed by atoms with Crippen molar-refractivity contribution in [3.63, 3.8) is 0 Å². The topological polar surface area (TPSA) is 19.0 Å². The molecular weight excluding hydrogens is 346 g/mol. The SMILES string of the molecule is CCN(CC)c1ccc2c(c1)Oc1cc(N(CC)CC)ccc1N2CC(C)C. The average Bonchev–Trinajstić information content (AvgIpc) is 2.69. The molecule has 4 heteroatoms. The molecule has 0 atom stereocenters. The van der Waals surface area contributed by atoms with E-state index in [1.807, 2.05) is 0 Å². The van der Waals surface area contributed by atoms with Crippen molar-refractivity contribution in [1.29, 1.82) is 0 Å². The van der Waals surface area contributed by atoms with Gasteiger partial charge in [0.1, 0.15) is 0 Å². The summed E-state index contributed by atoms with van der Waals surface area (Å²) in [4.78, 5) is 7.13. The minimum Gasteiger partial charge on any atom is -0.453 e. The molecule has 0 radical (unpaired) electrons. The fourth-order valence-electron chi connectivity index (χ4n) is 4.00. The molecule has 1 aliphatic rings. The van der Waals surface area contributed by atoms with Gasteiger partial charge in [0.25, 0.3) is 0 Å². The van der Waals surface area contributed by atoms with Crippen LogP contribution in [0.1, 0.15) is 41.5 Å². The number of anilines is 4. The van der Waals surface area contributed by atoms with Crippen LogP contribution in [0.15, 0.2) is 36.4 Å². The third-order valence-electron chi connectivity index (χ3n) is 5.49. The van der Waals surface area contributed by atoms with E-state index < -0.39 is 0 Å². The van der Waals surface area contributed by atoms with Crippen LogP contribution in [0.4, 0.5) is 22.7 Å². The van der Waals surface area contributed by atoms with Gasteiger partial charge in [-0.3, -0.25) is 0 Å². The van der Waals surface area contributed by atoms with Gasteiger partial charge < -0.3 is 19.4 Å². The van der Waals surface area contributed by atoms with E-state index in [1.165, 1.54) is 11.4 Å². The highest BCUT2D eigenvalue weighted by Gasteiger charge is 2.26. The van der Waals surface area contributed by atoms with Gasteiger partial charge in [0.2, 0.25) is 0 Å². The number of fused-ring (bicyclic) bond motifs is 2. The molecule has 0 amide bonds. The van der Waals surface area contributed by atoms with E-state index in [2.05, 4.69) is 92.6 Å². The Labute approximate surface area is 170 Å². The minimum absolute atomic E-state index is 0.559. The van der Waals surface area contributed by atoms with E-state index in [0.29, 0.717) is 5.92 Å². The first-order valence-corrected chi connectivity index (χ1v) is 10.8. The van der Waals surface area contributed by atoms with Crippen LogP contribution in [0, 0.1) is 5.92 Å². The third-order valence-corrected chi connectivity index (χ3v) is 5.49. The number of ether oxygens (including phenoxy) is 1. The Morgan fingerprint density at radius 1 is 0.750 bits per heavy atom. The van der Waals surface area contributed by atoms with Gasteiger partial charge in [-0.15, -0.1) is 0 Å². The molecule has 0 aromatic heterocycles. The summed E-state index contributed by atoms with van der Waals surface area (Å²) in [5, 5.41) is 0.